The van der Waals surface area contributed by atoms with E-state index in [1.165, 1.54) is 88.2 Å². The van der Waals surface area contributed by atoms with Gasteiger partial charge in [0.1, 0.15) is 11.6 Å². The molecule has 0 saturated carbocycles. The number of rotatable bonds is 24. The Bertz CT molecular complexity index is 2200. The number of carbonyl (C=O) groups is 2. The van der Waals surface area contributed by atoms with E-state index in [1.807, 2.05) is 18.2 Å². The standard InChI is InChI=1S/C50H65ClN4O4S/c1-6-10-12-14-16-18-20-22-28-54-42-31-36(45-25-24-30-60-45)26-27-41(42)52(8-3)46(54)33-38-48(56)39(49(38)57)34-47-53(9-4)44-35-40(51)37(50(58)59-5)32-43(44)55(47)29-23-21-19-17-15-13-11-7-2/h24-27,30-35H,6-23,28-29H2,1-5H3/p+1. The molecular formula is C50H66ClN4O4S+. The average Bonchev–Trinajstić information content (AvgIpc) is 3.98. The summed E-state index contributed by atoms with van der Waals surface area (Å²) in [5.41, 5.74) is 6.06. The number of aromatic nitrogens is 2. The van der Waals surface area contributed by atoms with E-state index in [0.29, 0.717) is 29.2 Å². The number of carbonyl (C=O) groups excluding carboxylic acids is 2. The molecule has 0 spiro atoms. The molecule has 2 aliphatic rings. The smallest absolute Gasteiger partial charge is 0.339 e. The number of aliphatic hydroxyl groups excluding tert-OH is 1. The van der Waals surface area contributed by atoms with Gasteiger partial charge in [0, 0.05) is 24.0 Å². The zero-order valence-electron chi connectivity index (χ0n) is 36.7. The Morgan fingerprint density at radius 2 is 1.43 bits per heavy atom. The van der Waals surface area contributed by atoms with Gasteiger partial charge in [0.25, 0.3) is 5.82 Å². The average molecular weight is 855 g/mol. The number of ketones is 1. The van der Waals surface area contributed by atoms with Crippen molar-refractivity contribution in [1.29, 1.82) is 0 Å². The number of anilines is 2. The third-order valence-electron chi connectivity index (χ3n) is 12.2. The number of fused-ring (bicyclic) bond motifs is 2. The minimum atomic E-state index is -0.494. The van der Waals surface area contributed by atoms with Gasteiger partial charge < -0.3 is 19.6 Å². The van der Waals surface area contributed by atoms with Crippen LogP contribution in [0.4, 0.5) is 11.4 Å². The number of aliphatic hydroxyl groups is 1. The summed E-state index contributed by atoms with van der Waals surface area (Å²) in [6.45, 7) is 11.5. The fourth-order valence-electron chi connectivity index (χ4n) is 8.82. The Morgan fingerprint density at radius 3 is 2.02 bits per heavy atom. The van der Waals surface area contributed by atoms with Gasteiger partial charge in [0.05, 0.1) is 53.3 Å². The second-order valence-electron chi connectivity index (χ2n) is 16.2. The molecule has 0 saturated heterocycles. The number of halogens is 1. The van der Waals surface area contributed by atoms with Crippen LogP contribution < -0.4 is 14.4 Å². The molecule has 0 bridgehead atoms. The van der Waals surface area contributed by atoms with E-state index < -0.39 is 5.97 Å². The van der Waals surface area contributed by atoms with Gasteiger partial charge in [-0.1, -0.05) is 115 Å². The van der Waals surface area contributed by atoms with Crippen LogP contribution in [-0.2, 0) is 22.6 Å². The van der Waals surface area contributed by atoms with Crippen molar-refractivity contribution in [2.75, 3.05) is 30.0 Å². The first-order chi connectivity index (χ1) is 29.3. The predicted molar refractivity (Wildman–Crippen MR) is 250 cm³/mol. The van der Waals surface area contributed by atoms with E-state index in [-0.39, 0.29) is 17.1 Å². The summed E-state index contributed by atoms with van der Waals surface area (Å²) in [6, 6.07) is 14.5. The summed E-state index contributed by atoms with van der Waals surface area (Å²) < 4.78 is 9.70. The molecule has 6 rings (SSSR count). The highest BCUT2D eigenvalue weighted by molar-refractivity contribution is 7.13. The van der Waals surface area contributed by atoms with Crippen LogP contribution in [-0.4, -0.2) is 41.6 Å². The third-order valence-corrected chi connectivity index (χ3v) is 13.4. The van der Waals surface area contributed by atoms with E-state index in [9.17, 15) is 14.7 Å². The summed E-state index contributed by atoms with van der Waals surface area (Å²) >= 11 is 8.41. The first-order valence-corrected chi connectivity index (χ1v) is 24.0. The molecule has 3 heterocycles. The lowest BCUT2D eigenvalue weighted by molar-refractivity contribution is -0.670. The summed E-state index contributed by atoms with van der Waals surface area (Å²) in [7, 11) is 1.36. The van der Waals surface area contributed by atoms with Crippen molar-refractivity contribution in [3.8, 4) is 10.4 Å². The Morgan fingerprint density at radius 1 is 0.800 bits per heavy atom. The molecule has 8 nitrogen and oxygen atoms in total. The normalized spacial score (nSPS) is 15.3. The number of nitrogens with zero attached hydrogens (tertiary/aromatic N) is 4. The van der Waals surface area contributed by atoms with Gasteiger partial charge in [-0.25, -0.2) is 13.9 Å². The van der Waals surface area contributed by atoms with Gasteiger partial charge in [-0.05, 0) is 86.5 Å². The van der Waals surface area contributed by atoms with Crippen molar-refractivity contribution >= 4 is 63.2 Å². The van der Waals surface area contributed by atoms with Crippen molar-refractivity contribution in [3.05, 3.63) is 93.1 Å². The van der Waals surface area contributed by atoms with Crippen LogP contribution in [0.15, 0.2) is 76.6 Å². The van der Waals surface area contributed by atoms with Crippen molar-refractivity contribution < 1.29 is 24.0 Å². The van der Waals surface area contributed by atoms with Gasteiger partial charge in [-0.3, -0.25) is 4.79 Å². The van der Waals surface area contributed by atoms with Crippen LogP contribution in [0.1, 0.15) is 147 Å². The van der Waals surface area contributed by atoms with Gasteiger partial charge in [0.15, 0.2) is 11.0 Å². The predicted octanol–water partition coefficient (Wildman–Crippen LogP) is 13.4. The highest BCUT2D eigenvalue weighted by Gasteiger charge is 2.39. The van der Waals surface area contributed by atoms with Crippen LogP contribution in [0, 0.1) is 0 Å². The van der Waals surface area contributed by atoms with Gasteiger partial charge >= 0.3 is 5.97 Å². The van der Waals surface area contributed by atoms with Gasteiger partial charge in [0.2, 0.25) is 5.78 Å². The minimum Gasteiger partial charge on any atom is -0.506 e. The van der Waals surface area contributed by atoms with Gasteiger partial charge in [-0.15, -0.1) is 11.3 Å². The number of ether oxygens (including phenoxy) is 1. The lowest BCUT2D eigenvalue weighted by Gasteiger charge is -2.27. The molecule has 2 aromatic carbocycles. The molecule has 322 valence electrons. The van der Waals surface area contributed by atoms with Crippen molar-refractivity contribution in [2.45, 2.75) is 144 Å². The van der Waals surface area contributed by atoms with E-state index in [2.05, 4.69) is 82.3 Å². The first-order valence-electron chi connectivity index (χ1n) is 22.8. The Labute approximate surface area is 367 Å². The third kappa shape index (κ3) is 10.1. The van der Waals surface area contributed by atoms with E-state index in [0.717, 1.165) is 79.2 Å². The fourth-order valence-corrected chi connectivity index (χ4v) is 9.78. The number of esters is 1. The summed E-state index contributed by atoms with van der Waals surface area (Å²) in [5.74, 6) is 1.04. The molecular weight excluding hydrogens is 788 g/mol. The van der Waals surface area contributed by atoms with Crippen molar-refractivity contribution in [2.24, 2.45) is 0 Å². The zero-order valence-corrected chi connectivity index (χ0v) is 38.2. The van der Waals surface area contributed by atoms with Crippen LogP contribution in [0.3, 0.4) is 0 Å². The minimum absolute atomic E-state index is 0.00522. The molecule has 4 aromatic rings. The highest BCUT2D eigenvalue weighted by atomic mass is 35.5. The number of benzene rings is 2. The summed E-state index contributed by atoms with van der Waals surface area (Å²) in [5, 5.41) is 14.2. The van der Waals surface area contributed by atoms with Crippen LogP contribution in [0.2, 0.25) is 5.02 Å². The van der Waals surface area contributed by atoms with E-state index >= 15 is 0 Å². The Balaban J connectivity index is 1.33. The molecule has 0 atom stereocenters. The molecule has 0 radical (unpaired) electrons. The second-order valence-corrected chi connectivity index (χ2v) is 17.6. The molecule has 1 N–H and O–H groups in total. The van der Waals surface area contributed by atoms with E-state index in [4.69, 9.17) is 16.3 Å². The second kappa shape index (κ2) is 22.0. The van der Waals surface area contributed by atoms with E-state index in [1.54, 1.807) is 17.4 Å². The summed E-state index contributed by atoms with van der Waals surface area (Å²) in [6.07, 6.45) is 23.1. The van der Waals surface area contributed by atoms with Crippen LogP contribution in [0.25, 0.3) is 27.6 Å². The largest absolute Gasteiger partial charge is 0.506 e. The number of imidazole rings is 1. The van der Waals surface area contributed by atoms with Crippen molar-refractivity contribution in [3.63, 3.8) is 0 Å². The maximum atomic E-state index is 14.3. The molecule has 0 amide bonds. The number of Topliss-reactive ketones (excluding diaryl/α,β-unsaturated/α-hetero) is 1. The van der Waals surface area contributed by atoms with Crippen LogP contribution in [0.5, 0.6) is 0 Å². The molecule has 2 aromatic heterocycles. The topological polar surface area (TPSA) is 78.9 Å². The molecule has 60 heavy (non-hydrogen) atoms. The fraction of sp³-hybridized carbons (Fsp3) is 0.500. The number of thiophene rings is 1. The molecule has 1 aliphatic heterocycles. The number of aryl methyl sites for hydroxylation is 2. The lowest BCUT2D eigenvalue weighted by Crippen LogP contribution is -2.36. The highest BCUT2D eigenvalue weighted by Crippen LogP contribution is 2.46. The lowest BCUT2D eigenvalue weighted by atomic mass is 9.87. The Kier molecular flexibility index (Phi) is 16.5. The molecule has 0 unspecified atom stereocenters. The number of unbranched alkanes of at least 4 members (excludes halogenated alkanes) is 14. The Hall–Kier alpha value is -4.34. The quantitative estimate of drug-likeness (QED) is 0.0327. The molecule has 10 heteroatoms. The maximum Gasteiger partial charge on any atom is 0.339 e. The molecule has 0 fully saturated rings. The number of methoxy groups -OCH3 is 1. The van der Waals surface area contributed by atoms with Crippen molar-refractivity contribution in [1.82, 2.24) is 4.57 Å². The summed E-state index contributed by atoms with van der Waals surface area (Å²) in [4.78, 5) is 32.5. The maximum absolute atomic E-state index is 14.3. The number of hydrogen-bond acceptors (Lipinski definition) is 7. The number of allylic oxidation sites excluding steroid dienone is 3. The van der Waals surface area contributed by atoms with Crippen LogP contribution >= 0.6 is 22.9 Å². The van der Waals surface area contributed by atoms with Gasteiger partial charge in [-0.2, -0.15) is 0 Å². The molecule has 1 aliphatic carbocycles. The zero-order chi connectivity index (χ0) is 42.6. The SMILES string of the molecule is CCCCCCCCCCN1/C(=C\C2=C(O)C(=Cc3n(CCCCCCCCCC)c4cc(-c5cccs5)ccc4[n+]3CC)C2=O)N(CC)c2cc(Cl)c(C(=O)OC)cc21. The monoisotopic (exact) mass is 853 g/mol. The first kappa shape index (κ1) is 45.2. The number of hydrogen-bond donors (Lipinski definition) is 1.